The number of aryl methyl sites for hydroxylation is 1. The third kappa shape index (κ3) is 8.33. The summed E-state index contributed by atoms with van der Waals surface area (Å²) < 4.78 is 5.70. The van der Waals surface area contributed by atoms with E-state index in [-0.39, 0.29) is 0 Å². The number of pyridine rings is 1. The zero-order chi connectivity index (χ0) is 17.6. The Morgan fingerprint density at radius 1 is 0.880 bits per heavy atom. The van der Waals surface area contributed by atoms with Crippen LogP contribution in [0.25, 0.3) is 11.2 Å². The van der Waals surface area contributed by atoms with Crippen LogP contribution in [0.1, 0.15) is 89.9 Å². The molecule has 0 aromatic carbocycles. The van der Waals surface area contributed by atoms with E-state index in [1.165, 1.54) is 70.6 Å². The minimum absolute atomic E-state index is 0.730. The Kier molecular flexibility index (Phi) is 9.99. The summed E-state index contributed by atoms with van der Waals surface area (Å²) in [5.41, 5.74) is 1.53. The second-order valence-electron chi connectivity index (χ2n) is 6.91. The maximum absolute atomic E-state index is 5.70. The summed E-state index contributed by atoms with van der Waals surface area (Å²) in [7, 11) is 0. The molecule has 0 aliphatic rings. The second-order valence-corrected chi connectivity index (χ2v) is 6.91. The minimum atomic E-state index is 0.730. The maximum Gasteiger partial charge on any atom is 0.198 e. The summed E-state index contributed by atoms with van der Waals surface area (Å²) in [5.74, 6) is 0.826. The van der Waals surface area contributed by atoms with Crippen molar-refractivity contribution >= 4 is 11.2 Å². The largest absolute Gasteiger partial charge is 0.439 e. The monoisotopic (exact) mass is 342 g/mol. The molecule has 0 N–H and O–H groups in total. The van der Waals surface area contributed by atoms with Gasteiger partial charge < -0.3 is 4.42 Å². The van der Waals surface area contributed by atoms with Crippen molar-refractivity contribution in [3.05, 3.63) is 36.4 Å². The molecule has 2 rings (SSSR count). The van der Waals surface area contributed by atoms with Crippen molar-refractivity contribution in [2.45, 2.75) is 90.4 Å². The van der Waals surface area contributed by atoms with Gasteiger partial charge in [-0.25, -0.2) is 4.98 Å². The maximum atomic E-state index is 5.70. The first kappa shape index (κ1) is 19.7. The Morgan fingerprint density at radius 2 is 1.56 bits per heavy atom. The quantitative estimate of drug-likeness (QED) is 0.273. The zero-order valence-electron chi connectivity index (χ0n) is 15.9. The summed E-state index contributed by atoms with van der Waals surface area (Å²) >= 11 is 0. The van der Waals surface area contributed by atoms with E-state index in [2.05, 4.69) is 29.0 Å². The van der Waals surface area contributed by atoms with Gasteiger partial charge in [0.25, 0.3) is 0 Å². The van der Waals surface area contributed by atoms with Crippen LogP contribution in [-0.2, 0) is 6.42 Å². The topological polar surface area (TPSA) is 38.9 Å². The van der Waals surface area contributed by atoms with E-state index in [1.807, 2.05) is 12.1 Å². The number of fused-ring (bicyclic) bond motifs is 1. The molecule has 0 unspecified atom stereocenters. The van der Waals surface area contributed by atoms with E-state index in [1.54, 1.807) is 6.20 Å². The molecular formula is C22H34N2O. The normalized spacial score (nSPS) is 11.7. The molecule has 2 aromatic rings. The molecule has 3 heteroatoms. The standard InChI is InChI=1S/C22H34N2O/c1-2-3-4-5-6-7-8-9-10-11-12-13-14-15-18-21-24-22-20(25-21)17-16-19-23-22/h9-10,16-17,19H,2-8,11-15,18H2,1H3/b10-9-. The lowest BCUT2D eigenvalue weighted by molar-refractivity contribution is 0.508. The molecule has 0 aliphatic heterocycles. The van der Waals surface area contributed by atoms with Crippen molar-refractivity contribution < 1.29 is 4.42 Å². The fourth-order valence-corrected chi connectivity index (χ4v) is 3.09. The van der Waals surface area contributed by atoms with Crippen molar-refractivity contribution in [3.8, 4) is 0 Å². The van der Waals surface area contributed by atoms with Gasteiger partial charge in [0.2, 0.25) is 0 Å². The molecule has 0 atom stereocenters. The highest BCUT2D eigenvalue weighted by atomic mass is 16.3. The molecule has 138 valence electrons. The smallest absolute Gasteiger partial charge is 0.198 e. The zero-order valence-corrected chi connectivity index (χ0v) is 15.9. The SMILES string of the molecule is CCCCCCCC/C=C\CCCCCCc1nc2ncccc2o1. The van der Waals surface area contributed by atoms with Crippen molar-refractivity contribution in [1.82, 2.24) is 9.97 Å². The van der Waals surface area contributed by atoms with Gasteiger partial charge in [0, 0.05) is 12.6 Å². The molecule has 0 amide bonds. The highest BCUT2D eigenvalue weighted by Crippen LogP contribution is 2.15. The van der Waals surface area contributed by atoms with Crippen LogP contribution in [0.15, 0.2) is 34.9 Å². The van der Waals surface area contributed by atoms with Crippen LogP contribution in [0, 0.1) is 0 Å². The molecule has 0 saturated heterocycles. The minimum Gasteiger partial charge on any atom is -0.439 e. The van der Waals surface area contributed by atoms with Gasteiger partial charge in [-0.1, -0.05) is 64.0 Å². The molecule has 0 fully saturated rings. The Bertz CT molecular complexity index is 570. The van der Waals surface area contributed by atoms with E-state index in [0.717, 1.165) is 30.0 Å². The number of nitrogens with zero attached hydrogens (tertiary/aromatic N) is 2. The summed E-state index contributed by atoms with van der Waals surface area (Å²) in [6.45, 7) is 2.27. The molecule has 2 aromatic heterocycles. The van der Waals surface area contributed by atoms with Gasteiger partial charge in [0.05, 0.1) is 0 Å². The molecule has 0 aliphatic carbocycles. The summed E-state index contributed by atoms with van der Waals surface area (Å²) in [6, 6.07) is 3.81. The third-order valence-electron chi connectivity index (χ3n) is 4.61. The third-order valence-corrected chi connectivity index (χ3v) is 4.61. The summed E-state index contributed by atoms with van der Waals surface area (Å²) in [6.07, 6.45) is 23.2. The van der Waals surface area contributed by atoms with Crippen LogP contribution in [0.5, 0.6) is 0 Å². The lowest BCUT2D eigenvalue weighted by Crippen LogP contribution is -1.86. The number of hydrogen-bond donors (Lipinski definition) is 0. The molecule has 3 nitrogen and oxygen atoms in total. The van der Waals surface area contributed by atoms with Crippen LogP contribution >= 0.6 is 0 Å². The van der Waals surface area contributed by atoms with Crippen LogP contribution in [0.2, 0.25) is 0 Å². The van der Waals surface area contributed by atoms with E-state index >= 15 is 0 Å². The number of oxazole rings is 1. The highest BCUT2D eigenvalue weighted by molar-refractivity contribution is 5.66. The van der Waals surface area contributed by atoms with Crippen LogP contribution < -0.4 is 0 Å². The van der Waals surface area contributed by atoms with Crippen LogP contribution in [0.3, 0.4) is 0 Å². The van der Waals surface area contributed by atoms with E-state index in [9.17, 15) is 0 Å². The first-order valence-electron chi connectivity index (χ1n) is 10.3. The number of unbranched alkanes of at least 4 members (excludes halogenated alkanes) is 10. The Hall–Kier alpha value is -1.64. The van der Waals surface area contributed by atoms with Gasteiger partial charge in [-0.05, 0) is 44.2 Å². The Balaban J connectivity index is 1.41. The van der Waals surface area contributed by atoms with Crippen molar-refractivity contribution in [3.63, 3.8) is 0 Å². The fraction of sp³-hybridized carbons (Fsp3) is 0.636. The van der Waals surface area contributed by atoms with E-state index in [0.29, 0.717) is 0 Å². The second kappa shape index (κ2) is 12.7. The van der Waals surface area contributed by atoms with Gasteiger partial charge in [0.1, 0.15) is 0 Å². The van der Waals surface area contributed by atoms with Crippen molar-refractivity contribution in [2.24, 2.45) is 0 Å². The lowest BCUT2D eigenvalue weighted by Gasteiger charge is -1.99. The molecule has 25 heavy (non-hydrogen) atoms. The van der Waals surface area contributed by atoms with Gasteiger partial charge in [-0.3, -0.25) is 0 Å². The molecule has 2 heterocycles. The molecular weight excluding hydrogens is 308 g/mol. The van der Waals surface area contributed by atoms with Crippen LogP contribution in [-0.4, -0.2) is 9.97 Å². The summed E-state index contributed by atoms with van der Waals surface area (Å²) in [5, 5.41) is 0. The predicted octanol–water partition coefficient (Wildman–Crippen LogP) is 7.02. The van der Waals surface area contributed by atoms with Crippen molar-refractivity contribution in [2.75, 3.05) is 0 Å². The molecule has 0 saturated carbocycles. The molecule has 0 spiro atoms. The predicted molar refractivity (Wildman–Crippen MR) is 106 cm³/mol. The first-order chi connectivity index (χ1) is 12.4. The number of aromatic nitrogens is 2. The lowest BCUT2D eigenvalue weighted by atomic mass is 10.1. The molecule has 0 bridgehead atoms. The van der Waals surface area contributed by atoms with Gasteiger partial charge >= 0.3 is 0 Å². The van der Waals surface area contributed by atoms with Gasteiger partial charge in [-0.2, -0.15) is 4.98 Å². The average Bonchev–Trinajstić information content (AvgIpc) is 3.05. The Labute approximate surface area is 152 Å². The van der Waals surface area contributed by atoms with Crippen molar-refractivity contribution in [1.29, 1.82) is 0 Å². The van der Waals surface area contributed by atoms with E-state index < -0.39 is 0 Å². The average molecular weight is 343 g/mol. The summed E-state index contributed by atoms with van der Waals surface area (Å²) in [4.78, 5) is 8.63. The highest BCUT2D eigenvalue weighted by Gasteiger charge is 2.05. The van der Waals surface area contributed by atoms with Gasteiger partial charge in [0.15, 0.2) is 17.1 Å². The first-order valence-corrected chi connectivity index (χ1v) is 10.3. The van der Waals surface area contributed by atoms with Gasteiger partial charge in [-0.15, -0.1) is 0 Å². The fourth-order valence-electron chi connectivity index (χ4n) is 3.09. The number of hydrogen-bond acceptors (Lipinski definition) is 3. The number of allylic oxidation sites excluding steroid dienone is 2. The Morgan fingerprint density at radius 3 is 2.28 bits per heavy atom. The van der Waals surface area contributed by atoms with Crippen LogP contribution in [0.4, 0.5) is 0 Å². The molecule has 0 radical (unpaired) electrons. The van der Waals surface area contributed by atoms with E-state index in [4.69, 9.17) is 4.42 Å². The number of rotatable bonds is 14.